The van der Waals surface area contributed by atoms with Crippen molar-refractivity contribution in [3.63, 3.8) is 0 Å². The Labute approximate surface area is 110 Å². The Bertz CT molecular complexity index is 265. The predicted octanol–water partition coefficient (Wildman–Crippen LogP) is 1.40. The van der Waals surface area contributed by atoms with Crippen molar-refractivity contribution in [1.29, 1.82) is 0 Å². The molecule has 2 rings (SSSR count). The fourth-order valence-electron chi connectivity index (χ4n) is 3.16. The summed E-state index contributed by atoms with van der Waals surface area (Å²) in [5.74, 6) is 0.898. The molecule has 1 saturated carbocycles. The minimum absolute atomic E-state index is 0.153. The molecule has 2 fully saturated rings. The molecule has 2 aliphatic rings. The fraction of sp³-hybridized carbons (Fsp3) is 0.929. The van der Waals surface area contributed by atoms with E-state index in [9.17, 15) is 4.79 Å². The second-order valence-electron chi connectivity index (χ2n) is 5.45. The summed E-state index contributed by atoms with van der Waals surface area (Å²) < 4.78 is 5.19. The minimum atomic E-state index is 0.153. The lowest BCUT2D eigenvalue weighted by Gasteiger charge is -2.36. The normalized spacial score (nSPS) is 24.3. The number of hydrogen-bond acceptors (Lipinski definition) is 3. The first-order chi connectivity index (χ1) is 8.81. The summed E-state index contributed by atoms with van der Waals surface area (Å²) in [6.07, 6.45) is 6.71. The highest BCUT2D eigenvalue weighted by Crippen LogP contribution is 2.27. The third kappa shape index (κ3) is 3.69. The van der Waals surface area contributed by atoms with E-state index in [-0.39, 0.29) is 12.5 Å². The van der Waals surface area contributed by atoms with Gasteiger partial charge in [-0.1, -0.05) is 26.2 Å². The number of ether oxygens (including phenoxy) is 1. The molecule has 1 N–H and O–H groups in total. The van der Waals surface area contributed by atoms with E-state index < -0.39 is 0 Å². The largest absolute Gasteiger partial charge is 0.370 e. The van der Waals surface area contributed by atoms with Gasteiger partial charge in [-0.25, -0.2) is 0 Å². The third-order valence-electron chi connectivity index (χ3n) is 4.19. The Kier molecular flexibility index (Phi) is 5.45. The number of amides is 1. The number of hydrogen-bond donors (Lipinski definition) is 1. The Morgan fingerprint density at radius 3 is 2.83 bits per heavy atom. The van der Waals surface area contributed by atoms with Gasteiger partial charge in [0, 0.05) is 19.1 Å². The molecule has 1 unspecified atom stereocenters. The lowest BCUT2D eigenvalue weighted by atomic mass is 9.83. The molecular formula is C14H26N2O2. The third-order valence-corrected chi connectivity index (χ3v) is 4.19. The topological polar surface area (TPSA) is 41.6 Å². The van der Waals surface area contributed by atoms with Gasteiger partial charge in [0.1, 0.15) is 6.61 Å². The van der Waals surface area contributed by atoms with Crippen LogP contribution >= 0.6 is 0 Å². The van der Waals surface area contributed by atoms with Crippen molar-refractivity contribution in [2.24, 2.45) is 5.92 Å². The van der Waals surface area contributed by atoms with Gasteiger partial charge in [0.15, 0.2) is 0 Å². The molecule has 4 nitrogen and oxygen atoms in total. The zero-order valence-electron chi connectivity index (χ0n) is 11.5. The van der Waals surface area contributed by atoms with Crippen LogP contribution in [0.25, 0.3) is 0 Å². The molecule has 0 radical (unpaired) electrons. The van der Waals surface area contributed by atoms with E-state index in [1.807, 2.05) is 4.90 Å². The number of nitrogens with zero attached hydrogens (tertiary/aromatic N) is 1. The highest BCUT2D eigenvalue weighted by Gasteiger charge is 2.27. The van der Waals surface area contributed by atoms with E-state index in [1.54, 1.807) is 0 Å². The fourth-order valence-corrected chi connectivity index (χ4v) is 3.16. The molecule has 104 valence electrons. The Morgan fingerprint density at radius 2 is 2.17 bits per heavy atom. The highest BCUT2D eigenvalue weighted by molar-refractivity contribution is 5.78. The van der Waals surface area contributed by atoms with Crippen LogP contribution < -0.4 is 5.32 Å². The van der Waals surface area contributed by atoms with Crippen molar-refractivity contribution in [2.45, 2.75) is 45.1 Å². The highest BCUT2D eigenvalue weighted by atomic mass is 16.5. The lowest BCUT2D eigenvalue weighted by molar-refractivity contribution is -0.143. The Balaban J connectivity index is 1.89. The first kappa shape index (κ1) is 13.8. The maximum Gasteiger partial charge on any atom is 0.248 e. The molecular weight excluding hydrogens is 228 g/mol. The molecule has 0 bridgehead atoms. The van der Waals surface area contributed by atoms with Crippen LogP contribution in [-0.4, -0.2) is 49.7 Å². The molecule has 1 amide bonds. The van der Waals surface area contributed by atoms with Gasteiger partial charge in [0.25, 0.3) is 0 Å². The average Bonchev–Trinajstić information content (AvgIpc) is 2.42. The standard InChI is InChI=1S/C14H26N2O2/c1-2-15-13(12-6-4-3-5-7-12)10-16-8-9-18-11-14(16)17/h12-13,15H,2-11H2,1H3. The Morgan fingerprint density at radius 1 is 1.39 bits per heavy atom. The van der Waals surface area contributed by atoms with E-state index in [0.717, 1.165) is 25.6 Å². The van der Waals surface area contributed by atoms with Crippen LogP contribution in [0, 0.1) is 5.92 Å². The molecule has 1 heterocycles. The van der Waals surface area contributed by atoms with Crippen molar-refractivity contribution < 1.29 is 9.53 Å². The molecule has 0 aromatic heterocycles. The molecule has 1 aliphatic heterocycles. The maximum atomic E-state index is 11.8. The van der Waals surface area contributed by atoms with Crippen LogP contribution in [0.2, 0.25) is 0 Å². The van der Waals surface area contributed by atoms with Gasteiger partial charge in [0.05, 0.1) is 6.61 Å². The summed E-state index contributed by atoms with van der Waals surface area (Å²) in [6.45, 7) is 5.71. The summed E-state index contributed by atoms with van der Waals surface area (Å²) in [4.78, 5) is 13.8. The van der Waals surface area contributed by atoms with Gasteiger partial charge >= 0.3 is 0 Å². The number of likely N-dealkylation sites (N-methyl/N-ethyl adjacent to an activating group) is 1. The van der Waals surface area contributed by atoms with Crippen molar-refractivity contribution in [3.05, 3.63) is 0 Å². The van der Waals surface area contributed by atoms with Gasteiger partial charge in [0.2, 0.25) is 5.91 Å². The molecule has 0 spiro atoms. The summed E-state index contributed by atoms with van der Waals surface area (Å²) in [7, 11) is 0. The number of morpholine rings is 1. The Hall–Kier alpha value is -0.610. The van der Waals surface area contributed by atoms with Gasteiger partial charge in [-0.15, -0.1) is 0 Å². The number of nitrogens with one attached hydrogen (secondary N) is 1. The molecule has 0 aromatic carbocycles. The number of carbonyl (C=O) groups excluding carboxylic acids is 1. The van der Waals surface area contributed by atoms with E-state index >= 15 is 0 Å². The monoisotopic (exact) mass is 254 g/mol. The van der Waals surface area contributed by atoms with E-state index in [2.05, 4.69) is 12.2 Å². The van der Waals surface area contributed by atoms with Crippen LogP contribution in [0.4, 0.5) is 0 Å². The van der Waals surface area contributed by atoms with Crippen molar-refractivity contribution in [2.75, 3.05) is 32.8 Å². The lowest BCUT2D eigenvalue weighted by Crippen LogP contribution is -2.51. The zero-order valence-corrected chi connectivity index (χ0v) is 11.5. The summed E-state index contributed by atoms with van der Waals surface area (Å²) in [6, 6.07) is 0.470. The average molecular weight is 254 g/mol. The number of carbonyl (C=O) groups is 1. The molecule has 18 heavy (non-hydrogen) atoms. The van der Waals surface area contributed by atoms with Gasteiger partial charge in [-0.05, 0) is 25.3 Å². The van der Waals surface area contributed by atoms with Crippen LogP contribution in [0.5, 0.6) is 0 Å². The van der Waals surface area contributed by atoms with Crippen LogP contribution in [0.15, 0.2) is 0 Å². The molecule has 4 heteroatoms. The quantitative estimate of drug-likeness (QED) is 0.806. The smallest absolute Gasteiger partial charge is 0.248 e. The molecule has 1 aliphatic carbocycles. The van der Waals surface area contributed by atoms with Gasteiger partial charge in [-0.3, -0.25) is 4.79 Å². The van der Waals surface area contributed by atoms with Crippen molar-refractivity contribution in [1.82, 2.24) is 10.2 Å². The van der Waals surface area contributed by atoms with Crippen molar-refractivity contribution in [3.8, 4) is 0 Å². The van der Waals surface area contributed by atoms with E-state index in [0.29, 0.717) is 12.6 Å². The second kappa shape index (κ2) is 7.10. The first-order valence-corrected chi connectivity index (χ1v) is 7.40. The maximum absolute atomic E-state index is 11.8. The summed E-state index contributed by atoms with van der Waals surface area (Å²) in [5, 5.41) is 3.59. The predicted molar refractivity (Wildman–Crippen MR) is 71.4 cm³/mol. The van der Waals surface area contributed by atoms with E-state index in [4.69, 9.17) is 4.74 Å². The van der Waals surface area contributed by atoms with Gasteiger partial charge < -0.3 is 15.0 Å². The van der Waals surface area contributed by atoms with E-state index in [1.165, 1.54) is 32.1 Å². The van der Waals surface area contributed by atoms with Crippen LogP contribution in [-0.2, 0) is 9.53 Å². The van der Waals surface area contributed by atoms with Crippen LogP contribution in [0.3, 0.4) is 0 Å². The van der Waals surface area contributed by atoms with Gasteiger partial charge in [-0.2, -0.15) is 0 Å². The van der Waals surface area contributed by atoms with Crippen LogP contribution in [0.1, 0.15) is 39.0 Å². The molecule has 1 saturated heterocycles. The first-order valence-electron chi connectivity index (χ1n) is 7.40. The minimum Gasteiger partial charge on any atom is -0.370 e. The summed E-state index contributed by atoms with van der Waals surface area (Å²) in [5.41, 5.74) is 0. The molecule has 0 aromatic rings. The SMILES string of the molecule is CCNC(CN1CCOCC1=O)C1CCCCC1. The summed E-state index contributed by atoms with van der Waals surface area (Å²) >= 11 is 0. The second-order valence-corrected chi connectivity index (χ2v) is 5.45. The number of rotatable bonds is 5. The van der Waals surface area contributed by atoms with Crippen molar-refractivity contribution >= 4 is 5.91 Å². The molecule has 1 atom stereocenters. The zero-order chi connectivity index (χ0) is 12.8.